The fourth-order valence-electron chi connectivity index (χ4n) is 4.02. The van der Waals surface area contributed by atoms with Gasteiger partial charge in [-0.05, 0) is 30.0 Å². The molecule has 156 valence electrons. The van der Waals surface area contributed by atoms with Crippen molar-refractivity contribution in [3.63, 3.8) is 0 Å². The lowest BCUT2D eigenvalue weighted by atomic mass is 10.1. The normalized spacial score (nSPS) is 15.1. The van der Waals surface area contributed by atoms with Crippen LogP contribution in [0.1, 0.15) is 13.3 Å². The zero-order valence-corrected chi connectivity index (χ0v) is 17.6. The number of amides is 1. The average molecular weight is 405 g/mol. The maximum absolute atomic E-state index is 13.2. The Morgan fingerprint density at radius 3 is 2.33 bits per heavy atom. The molecule has 3 aromatic carbocycles. The first-order valence-corrected chi connectivity index (χ1v) is 10.5. The molecule has 0 unspecified atom stereocenters. The average Bonchev–Trinajstić information content (AvgIpc) is 2.82. The maximum atomic E-state index is 13.2. The van der Waals surface area contributed by atoms with Crippen molar-refractivity contribution in [1.29, 1.82) is 0 Å². The summed E-state index contributed by atoms with van der Waals surface area (Å²) in [6, 6.07) is 22.1. The molecule has 0 aromatic heterocycles. The number of rotatable bonds is 6. The largest absolute Gasteiger partial charge is 0.495 e. The van der Waals surface area contributed by atoms with Crippen LogP contribution in [-0.4, -0.2) is 50.2 Å². The summed E-state index contributed by atoms with van der Waals surface area (Å²) in [7, 11) is 1.69. The van der Waals surface area contributed by atoms with Crippen molar-refractivity contribution in [3.8, 4) is 11.5 Å². The molecule has 1 aliphatic rings. The monoisotopic (exact) mass is 404 g/mol. The van der Waals surface area contributed by atoms with Crippen molar-refractivity contribution in [3.05, 3.63) is 66.7 Å². The smallest absolute Gasteiger partial charge is 0.263 e. The number of piperazine rings is 1. The fraction of sp³-hybridized carbons (Fsp3) is 0.320. The quantitative estimate of drug-likeness (QED) is 0.612. The highest BCUT2D eigenvalue weighted by Gasteiger charge is 2.29. The van der Waals surface area contributed by atoms with Crippen LogP contribution in [0.2, 0.25) is 0 Å². The summed E-state index contributed by atoms with van der Waals surface area (Å²) in [6.45, 7) is 4.89. The van der Waals surface area contributed by atoms with Crippen LogP contribution in [0.25, 0.3) is 10.8 Å². The number of carbonyl (C=O) groups is 1. The third kappa shape index (κ3) is 4.06. The van der Waals surface area contributed by atoms with Crippen LogP contribution in [-0.2, 0) is 4.79 Å². The molecule has 0 saturated carbocycles. The first kappa shape index (κ1) is 20.1. The second-order valence-electron chi connectivity index (χ2n) is 7.48. The summed E-state index contributed by atoms with van der Waals surface area (Å²) in [6.07, 6.45) is 0.156. The van der Waals surface area contributed by atoms with E-state index in [1.54, 1.807) is 7.11 Å². The van der Waals surface area contributed by atoms with Crippen molar-refractivity contribution in [2.24, 2.45) is 0 Å². The molecule has 5 heteroatoms. The predicted molar refractivity (Wildman–Crippen MR) is 120 cm³/mol. The van der Waals surface area contributed by atoms with Gasteiger partial charge in [-0.3, -0.25) is 4.79 Å². The van der Waals surface area contributed by atoms with Crippen LogP contribution in [0.4, 0.5) is 5.69 Å². The molecule has 1 atom stereocenters. The molecule has 5 nitrogen and oxygen atoms in total. The molecule has 0 aliphatic carbocycles. The van der Waals surface area contributed by atoms with Gasteiger partial charge in [-0.2, -0.15) is 0 Å². The third-order valence-electron chi connectivity index (χ3n) is 5.68. The lowest BCUT2D eigenvalue weighted by Crippen LogP contribution is -2.52. The molecular formula is C25H28N2O3. The molecule has 1 heterocycles. The summed E-state index contributed by atoms with van der Waals surface area (Å²) in [5.41, 5.74) is 1.08. The molecular weight excluding hydrogens is 376 g/mol. The van der Waals surface area contributed by atoms with Gasteiger partial charge in [0.2, 0.25) is 0 Å². The Labute approximate surface area is 177 Å². The summed E-state index contributed by atoms with van der Waals surface area (Å²) < 4.78 is 11.7. The molecule has 3 aromatic rings. The lowest BCUT2D eigenvalue weighted by Gasteiger charge is -2.37. The summed E-state index contributed by atoms with van der Waals surface area (Å²) in [5, 5.41) is 2.15. The highest BCUT2D eigenvalue weighted by molar-refractivity contribution is 5.89. The van der Waals surface area contributed by atoms with E-state index in [1.807, 2.05) is 60.4 Å². The van der Waals surface area contributed by atoms with E-state index < -0.39 is 6.10 Å². The number of hydrogen-bond acceptors (Lipinski definition) is 4. The van der Waals surface area contributed by atoms with Gasteiger partial charge in [0.15, 0.2) is 6.10 Å². The topological polar surface area (TPSA) is 42.0 Å². The van der Waals surface area contributed by atoms with Crippen LogP contribution in [0.5, 0.6) is 11.5 Å². The van der Waals surface area contributed by atoms with E-state index in [2.05, 4.69) is 23.1 Å². The zero-order valence-electron chi connectivity index (χ0n) is 17.6. The summed E-state index contributed by atoms with van der Waals surface area (Å²) in [4.78, 5) is 17.4. The van der Waals surface area contributed by atoms with Crippen molar-refractivity contribution < 1.29 is 14.3 Å². The van der Waals surface area contributed by atoms with Gasteiger partial charge < -0.3 is 19.3 Å². The fourth-order valence-corrected chi connectivity index (χ4v) is 4.02. The van der Waals surface area contributed by atoms with Crippen LogP contribution in [0.3, 0.4) is 0 Å². The Hall–Kier alpha value is -3.21. The number of ether oxygens (including phenoxy) is 2. The number of para-hydroxylation sites is 2. The van der Waals surface area contributed by atoms with E-state index in [-0.39, 0.29) is 5.91 Å². The van der Waals surface area contributed by atoms with Crippen molar-refractivity contribution in [1.82, 2.24) is 4.90 Å². The van der Waals surface area contributed by atoms with Gasteiger partial charge in [-0.15, -0.1) is 0 Å². The number of nitrogens with zero attached hydrogens (tertiary/aromatic N) is 2. The van der Waals surface area contributed by atoms with Crippen molar-refractivity contribution in [2.45, 2.75) is 19.4 Å². The Bertz CT molecular complexity index is 1010. The predicted octanol–water partition coefficient (Wildman–Crippen LogP) is 4.35. The number of anilines is 1. The first-order valence-electron chi connectivity index (χ1n) is 10.5. The number of fused-ring (bicyclic) bond motifs is 1. The highest BCUT2D eigenvalue weighted by atomic mass is 16.5. The molecule has 1 amide bonds. The molecule has 4 rings (SSSR count). The van der Waals surface area contributed by atoms with Gasteiger partial charge in [0, 0.05) is 31.6 Å². The first-order chi connectivity index (χ1) is 14.7. The van der Waals surface area contributed by atoms with Crippen LogP contribution < -0.4 is 14.4 Å². The van der Waals surface area contributed by atoms with Crippen LogP contribution in [0.15, 0.2) is 66.7 Å². The van der Waals surface area contributed by atoms with Crippen molar-refractivity contribution in [2.75, 3.05) is 38.2 Å². The summed E-state index contributed by atoms with van der Waals surface area (Å²) >= 11 is 0. The molecule has 0 radical (unpaired) electrons. The minimum atomic E-state index is -0.478. The molecule has 1 aliphatic heterocycles. The number of benzene rings is 3. The molecule has 30 heavy (non-hydrogen) atoms. The zero-order chi connectivity index (χ0) is 20.9. The van der Waals surface area contributed by atoms with E-state index in [1.165, 1.54) is 0 Å². The van der Waals surface area contributed by atoms with E-state index in [0.29, 0.717) is 19.5 Å². The van der Waals surface area contributed by atoms with Crippen LogP contribution in [0, 0.1) is 0 Å². The summed E-state index contributed by atoms with van der Waals surface area (Å²) in [5.74, 6) is 1.69. The standard InChI is InChI=1S/C25H28N2O3/c1-3-22(30-23-14-8-10-19-9-4-5-11-20(19)23)25(28)27-17-15-26(16-18-27)21-12-6-7-13-24(21)29-2/h4-14,22H,3,15-18H2,1-2H3/t22-/m0/s1. The molecule has 0 bridgehead atoms. The van der Waals surface area contributed by atoms with Crippen LogP contribution >= 0.6 is 0 Å². The van der Waals surface area contributed by atoms with E-state index in [4.69, 9.17) is 9.47 Å². The minimum Gasteiger partial charge on any atom is -0.495 e. The Morgan fingerprint density at radius 1 is 0.900 bits per heavy atom. The Kier molecular flexibility index (Phi) is 6.07. The van der Waals surface area contributed by atoms with E-state index in [9.17, 15) is 4.79 Å². The molecule has 0 spiro atoms. The molecule has 0 N–H and O–H groups in total. The number of carbonyl (C=O) groups excluding carboxylic acids is 1. The van der Waals surface area contributed by atoms with Crippen molar-refractivity contribution >= 4 is 22.4 Å². The SMILES string of the molecule is CC[C@H](Oc1cccc2ccccc12)C(=O)N1CCN(c2ccccc2OC)CC1. The highest BCUT2D eigenvalue weighted by Crippen LogP contribution is 2.29. The van der Waals surface area contributed by atoms with Gasteiger partial charge in [0.25, 0.3) is 5.91 Å². The second kappa shape index (κ2) is 9.08. The minimum absolute atomic E-state index is 0.0603. The second-order valence-corrected chi connectivity index (χ2v) is 7.48. The molecule has 1 saturated heterocycles. The Balaban J connectivity index is 1.43. The number of methoxy groups -OCH3 is 1. The van der Waals surface area contributed by atoms with E-state index in [0.717, 1.165) is 41.0 Å². The van der Waals surface area contributed by atoms with Gasteiger partial charge in [-0.1, -0.05) is 55.5 Å². The maximum Gasteiger partial charge on any atom is 0.263 e. The number of hydrogen-bond donors (Lipinski definition) is 0. The van der Waals surface area contributed by atoms with Gasteiger partial charge in [0.05, 0.1) is 12.8 Å². The van der Waals surface area contributed by atoms with Gasteiger partial charge >= 0.3 is 0 Å². The molecule has 1 fully saturated rings. The Morgan fingerprint density at radius 2 is 1.57 bits per heavy atom. The van der Waals surface area contributed by atoms with Gasteiger partial charge in [-0.25, -0.2) is 0 Å². The van der Waals surface area contributed by atoms with E-state index >= 15 is 0 Å². The lowest BCUT2D eigenvalue weighted by molar-refractivity contribution is -0.139. The third-order valence-corrected chi connectivity index (χ3v) is 5.68. The van der Waals surface area contributed by atoms with Gasteiger partial charge in [0.1, 0.15) is 11.5 Å².